The summed E-state index contributed by atoms with van der Waals surface area (Å²) >= 11 is 0. The molecule has 4 fully saturated rings. The highest BCUT2D eigenvalue weighted by molar-refractivity contribution is 5.92. The van der Waals surface area contributed by atoms with Crippen LogP contribution in [0.1, 0.15) is 77.2 Å². The Morgan fingerprint density at radius 2 is 1.70 bits per heavy atom. The summed E-state index contributed by atoms with van der Waals surface area (Å²) in [6.45, 7) is 6.34. The van der Waals surface area contributed by atoms with Crippen LogP contribution < -0.4 is 0 Å². The third-order valence-corrected chi connectivity index (χ3v) is 9.11. The van der Waals surface area contributed by atoms with Crippen molar-refractivity contribution in [1.82, 2.24) is 19.8 Å². The largest absolute Gasteiger partial charge is 0.443 e. The molecule has 0 bridgehead atoms. The van der Waals surface area contributed by atoms with Gasteiger partial charge in [0.2, 0.25) is 5.91 Å². The molecule has 0 N–H and O–H groups in total. The second kappa shape index (κ2) is 12.9. The Morgan fingerprint density at radius 1 is 1.00 bits per heavy atom. The van der Waals surface area contributed by atoms with Crippen LogP contribution in [0.5, 0.6) is 0 Å². The van der Waals surface area contributed by atoms with Gasteiger partial charge in [0.1, 0.15) is 12.6 Å². The van der Waals surface area contributed by atoms with Gasteiger partial charge >= 0.3 is 6.09 Å². The van der Waals surface area contributed by atoms with Gasteiger partial charge in [0, 0.05) is 6.04 Å². The molecule has 9 heteroatoms. The average Bonchev–Trinajstić information content (AvgIpc) is 2.96. The number of hydrogen-bond acceptors (Lipinski definition) is 6. The van der Waals surface area contributed by atoms with E-state index in [0.29, 0.717) is 18.8 Å². The maximum Gasteiger partial charge on any atom is 0.436 e. The van der Waals surface area contributed by atoms with Gasteiger partial charge in [-0.2, -0.15) is 5.06 Å². The summed E-state index contributed by atoms with van der Waals surface area (Å²) < 4.78 is 5.74. The lowest BCUT2D eigenvalue weighted by molar-refractivity contribution is -0.271. The second-order valence-electron chi connectivity index (χ2n) is 12.6. The fraction of sp³-hybridized carbons (Fsp3) is 0.710. The van der Waals surface area contributed by atoms with Crippen LogP contribution in [0, 0.1) is 11.8 Å². The number of carbonyl (C=O) groups is 3. The van der Waals surface area contributed by atoms with E-state index in [1.807, 2.05) is 35.2 Å². The van der Waals surface area contributed by atoms with Gasteiger partial charge in [-0.25, -0.2) is 4.79 Å². The predicted molar refractivity (Wildman–Crippen MR) is 151 cm³/mol. The molecule has 1 aromatic carbocycles. The number of piperidine rings is 1. The van der Waals surface area contributed by atoms with E-state index < -0.39 is 24.4 Å². The lowest BCUT2D eigenvalue weighted by atomic mass is 9.84. The van der Waals surface area contributed by atoms with E-state index in [1.54, 1.807) is 4.90 Å². The number of piperazine rings is 1. The Labute approximate surface area is 238 Å². The smallest absolute Gasteiger partial charge is 0.436 e. The predicted octanol–water partition coefficient (Wildman–Crippen LogP) is 4.42. The van der Waals surface area contributed by atoms with Gasteiger partial charge in [-0.05, 0) is 63.2 Å². The zero-order chi connectivity index (χ0) is 28.2. The number of likely N-dealkylation sites (tertiary alicyclic amines) is 1. The van der Waals surface area contributed by atoms with E-state index in [4.69, 9.17) is 9.57 Å². The highest BCUT2D eigenvalue weighted by Gasteiger charge is 2.54. The SMILES string of the molecule is CC(C)C[C@H]1C(=O)N(C2CCN(C)CC2)CC2N(C(=O)OCc3ccccc3)O[C@H](CC3CCCCC3)C(=O)N21. The maximum atomic E-state index is 14.1. The van der Waals surface area contributed by atoms with Crippen molar-refractivity contribution in [2.24, 2.45) is 11.8 Å². The van der Waals surface area contributed by atoms with Gasteiger partial charge in [0.05, 0.1) is 6.54 Å². The molecule has 0 spiro atoms. The van der Waals surface area contributed by atoms with Crippen molar-refractivity contribution in [2.45, 2.75) is 103 Å². The fourth-order valence-electron chi connectivity index (χ4n) is 6.89. The van der Waals surface area contributed by atoms with Crippen molar-refractivity contribution in [1.29, 1.82) is 0 Å². The number of ether oxygens (including phenoxy) is 1. The van der Waals surface area contributed by atoms with Crippen LogP contribution >= 0.6 is 0 Å². The van der Waals surface area contributed by atoms with Crippen molar-refractivity contribution in [2.75, 3.05) is 26.7 Å². The molecule has 3 aliphatic heterocycles. The molecule has 3 heterocycles. The van der Waals surface area contributed by atoms with E-state index in [0.717, 1.165) is 57.2 Å². The van der Waals surface area contributed by atoms with Crippen LogP contribution in [0.15, 0.2) is 30.3 Å². The lowest BCUT2D eigenvalue weighted by Gasteiger charge is -2.54. The molecule has 1 aromatic rings. The van der Waals surface area contributed by atoms with Crippen molar-refractivity contribution < 1.29 is 24.0 Å². The minimum Gasteiger partial charge on any atom is -0.443 e. The van der Waals surface area contributed by atoms with Gasteiger partial charge in [0.25, 0.3) is 5.91 Å². The molecule has 1 saturated carbocycles. The monoisotopic (exact) mass is 554 g/mol. The first-order valence-electron chi connectivity index (χ1n) is 15.3. The summed E-state index contributed by atoms with van der Waals surface area (Å²) in [6.07, 6.45) is 6.41. The van der Waals surface area contributed by atoms with Crippen molar-refractivity contribution in [3.05, 3.63) is 35.9 Å². The molecule has 0 radical (unpaired) electrons. The summed E-state index contributed by atoms with van der Waals surface area (Å²) in [5, 5.41) is 1.29. The molecule has 4 aliphatic rings. The molecule has 5 rings (SSSR count). The number of fused-ring (bicyclic) bond motifs is 1. The highest BCUT2D eigenvalue weighted by Crippen LogP contribution is 2.36. The van der Waals surface area contributed by atoms with Gasteiger partial charge in [-0.1, -0.05) is 76.3 Å². The molecule has 0 aromatic heterocycles. The third-order valence-electron chi connectivity index (χ3n) is 9.11. The number of rotatable bonds is 7. The molecule has 1 aliphatic carbocycles. The summed E-state index contributed by atoms with van der Waals surface area (Å²) in [5.41, 5.74) is 0.879. The van der Waals surface area contributed by atoms with Crippen LogP contribution in [0.2, 0.25) is 0 Å². The minimum atomic E-state index is -0.791. The Balaban J connectivity index is 1.43. The van der Waals surface area contributed by atoms with Crippen LogP contribution in [0.4, 0.5) is 4.79 Å². The zero-order valence-corrected chi connectivity index (χ0v) is 24.4. The van der Waals surface area contributed by atoms with Gasteiger partial charge in [0.15, 0.2) is 12.3 Å². The van der Waals surface area contributed by atoms with Gasteiger partial charge in [-0.15, -0.1) is 0 Å². The molecular weight excluding hydrogens is 508 g/mol. The van der Waals surface area contributed by atoms with E-state index in [2.05, 4.69) is 25.8 Å². The number of carbonyl (C=O) groups excluding carboxylic acids is 3. The summed E-state index contributed by atoms with van der Waals surface area (Å²) in [5.74, 6) is 0.424. The topological polar surface area (TPSA) is 82.6 Å². The van der Waals surface area contributed by atoms with Crippen molar-refractivity contribution in [3.8, 4) is 0 Å². The van der Waals surface area contributed by atoms with Gasteiger partial charge < -0.3 is 19.4 Å². The molecule has 1 unspecified atom stereocenters. The van der Waals surface area contributed by atoms with E-state index in [-0.39, 0.29) is 36.9 Å². The number of amides is 3. The first-order valence-corrected chi connectivity index (χ1v) is 15.3. The minimum absolute atomic E-state index is 0.00349. The standard InChI is InChI=1S/C31H46N4O5/c1-22(2)18-26-29(36)33(25-14-16-32(3)17-15-25)20-28-34(26)30(37)27(19-23-10-6-4-7-11-23)40-35(28)31(38)39-21-24-12-8-5-9-13-24/h5,8-9,12-13,22-23,25-28H,4,6-7,10-11,14-21H2,1-3H3/t26-,27+,28?/m0/s1. The molecule has 9 nitrogen and oxygen atoms in total. The fourth-order valence-corrected chi connectivity index (χ4v) is 6.89. The van der Waals surface area contributed by atoms with Crippen LogP contribution in [-0.4, -0.2) is 88.7 Å². The first kappa shape index (κ1) is 28.9. The Bertz CT molecular complexity index is 1020. The third kappa shape index (κ3) is 6.46. The second-order valence-corrected chi connectivity index (χ2v) is 12.6. The van der Waals surface area contributed by atoms with E-state index >= 15 is 0 Å². The number of nitrogens with zero attached hydrogens (tertiary/aromatic N) is 4. The molecule has 3 atom stereocenters. The van der Waals surface area contributed by atoms with Crippen LogP contribution in [0.3, 0.4) is 0 Å². The molecule has 3 amide bonds. The first-order chi connectivity index (χ1) is 19.3. The lowest BCUT2D eigenvalue weighted by Crippen LogP contribution is -2.74. The number of benzene rings is 1. The van der Waals surface area contributed by atoms with Crippen molar-refractivity contribution >= 4 is 17.9 Å². The Hall–Kier alpha value is -2.65. The van der Waals surface area contributed by atoms with Crippen LogP contribution in [-0.2, 0) is 25.8 Å². The summed E-state index contributed by atoms with van der Waals surface area (Å²) in [7, 11) is 2.10. The Kier molecular flexibility index (Phi) is 9.31. The summed E-state index contributed by atoms with van der Waals surface area (Å²) in [6, 6.07) is 9.01. The zero-order valence-electron chi connectivity index (χ0n) is 24.4. The summed E-state index contributed by atoms with van der Waals surface area (Å²) in [4.78, 5) is 54.0. The normalized spacial score (nSPS) is 27.3. The molecule has 40 heavy (non-hydrogen) atoms. The van der Waals surface area contributed by atoms with E-state index in [1.165, 1.54) is 11.5 Å². The van der Waals surface area contributed by atoms with E-state index in [9.17, 15) is 14.4 Å². The molecule has 220 valence electrons. The van der Waals surface area contributed by atoms with Crippen molar-refractivity contribution in [3.63, 3.8) is 0 Å². The highest BCUT2D eigenvalue weighted by atomic mass is 16.7. The average molecular weight is 555 g/mol. The quantitative estimate of drug-likeness (QED) is 0.497. The molecule has 3 saturated heterocycles. The maximum absolute atomic E-state index is 14.1. The molecular formula is C31H46N4O5. The number of hydroxylamine groups is 2. The number of hydrogen-bond donors (Lipinski definition) is 0. The van der Waals surface area contributed by atoms with Gasteiger partial charge in [-0.3, -0.25) is 14.4 Å². The Morgan fingerprint density at radius 3 is 2.38 bits per heavy atom. The van der Waals surface area contributed by atoms with Crippen LogP contribution in [0.25, 0.3) is 0 Å².